The molecule has 4 aromatic rings. The van der Waals surface area contributed by atoms with Crippen LogP contribution in [-0.2, 0) is 22.7 Å². The molecule has 0 aliphatic carbocycles. The van der Waals surface area contributed by atoms with Crippen LogP contribution >= 0.6 is 39.0 Å². The van der Waals surface area contributed by atoms with E-state index in [2.05, 4.69) is 31.4 Å². The monoisotopic (exact) mass is 600 g/mol. The standard InChI is InChI=1S/C26H25BrN4O4S2/c1-4-31-20(14-35-19-12-10-18(27)11-13-19)29-30-26(31)36-15-21(32)28-24-23(25(33)34-3)22(16(2)37-24)17-8-6-5-7-9-17/h5-13H,4,14-15H2,1-3H3,(H,28,32). The smallest absolute Gasteiger partial charge is 0.341 e. The van der Waals surface area contributed by atoms with Gasteiger partial charge in [-0.2, -0.15) is 0 Å². The number of esters is 1. The number of aromatic nitrogens is 3. The Balaban J connectivity index is 1.44. The number of nitrogens with zero attached hydrogens (tertiary/aromatic N) is 3. The summed E-state index contributed by atoms with van der Waals surface area (Å²) in [6.07, 6.45) is 0. The van der Waals surface area contributed by atoms with Crippen LogP contribution < -0.4 is 10.1 Å². The van der Waals surface area contributed by atoms with Gasteiger partial charge in [-0.3, -0.25) is 4.79 Å². The van der Waals surface area contributed by atoms with Gasteiger partial charge in [0.05, 0.1) is 12.9 Å². The summed E-state index contributed by atoms with van der Waals surface area (Å²) in [5.74, 6) is 0.749. The molecule has 0 aliphatic rings. The number of benzene rings is 2. The van der Waals surface area contributed by atoms with Gasteiger partial charge in [0.2, 0.25) is 5.91 Å². The van der Waals surface area contributed by atoms with Crippen molar-refractivity contribution in [2.45, 2.75) is 32.2 Å². The van der Waals surface area contributed by atoms with Crippen molar-refractivity contribution in [2.75, 3.05) is 18.2 Å². The normalized spacial score (nSPS) is 10.8. The maximum Gasteiger partial charge on any atom is 0.341 e. The maximum absolute atomic E-state index is 12.9. The fourth-order valence-electron chi connectivity index (χ4n) is 3.70. The lowest BCUT2D eigenvalue weighted by atomic mass is 10.0. The molecule has 0 radical (unpaired) electrons. The van der Waals surface area contributed by atoms with E-state index in [-0.39, 0.29) is 18.3 Å². The van der Waals surface area contributed by atoms with Gasteiger partial charge < -0.3 is 19.4 Å². The van der Waals surface area contributed by atoms with Crippen molar-refractivity contribution in [3.8, 4) is 16.9 Å². The zero-order valence-corrected chi connectivity index (χ0v) is 23.7. The largest absolute Gasteiger partial charge is 0.486 e. The molecule has 1 N–H and O–H groups in total. The molecular formula is C26H25BrN4O4S2. The minimum atomic E-state index is -0.493. The SMILES string of the molecule is CCn1c(COc2ccc(Br)cc2)nnc1SCC(=O)Nc1sc(C)c(-c2ccccc2)c1C(=O)OC. The van der Waals surface area contributed by atoms with Crippen molar-refractivity contribution in [1.82, 2.24) is 14.8 Å². The van der Waals surface area contributed by atoms with Crippen LogP contribution in [0, 0.1) is 6.92 Å². The van der Waals surface area contributed by atoms with E-state index in [1.807, 2.05) is 73.0 Å². The van der Waals surface area contributed by atoms with Crippen molar-refractivity contribution < 1.29 is 19.1 Å². The van der Waals surface area contributed by atoms with Crippen LogP contribution in [0.15, 0.2) is 64.2 Å². The predicted octanol–water partition coefficient (Wildman–Crippen LogP) is 6.19. The number of hydrogen-bond donors (Lipinski definition) is 1. The number of nitrogens with one attached hydrogen (secondary N) is 1. The van der Waals surface area contributed by atoms with Crippen molar-refractivity contribution >= 4 is 55.9 Å². The number of methoxy groups -OCH3 is 1. The summed E-state index contributed by atoms with van der Waals surface area (Å²) in [4.78, 5) is 26.5. The second-order valence-electron chi connectivity index (χ2n) is 7.82. The molecule has 8 nitrogen and oxygen atoms in total. The first-order valence-corrected chi connectivity index (χ1v) is 14.0. The zero-order chi connectivity index (χ0) is 26.4. The molecule has 0 saturated carbocycles. The van der Waals surface area contributed by atoms with E-state index in [0.29, 0.717) is 28.1 Å². The van der Waals surface area contributed by atoms with Crippen LogP contribution in [0.1, 0.15) is 28.0 Å². The minimum absolute atomic E-state index is 0.101. The average molecular weight is 602 g/mol. The van der Waals surface area contributed by atoms with Crippen LogP contribution in [0.4, 0.5) is 5.00 Å². The second-order valence-corrected chi connectivity index (χ2v) is 10.9. The summed E-state index contributed by atoms with van der Waals surface area (Å²) >= 11 is 6.03. The van der Waals surface area contributed by atoms with E-state index in [9.17, 15) is 9.59 Å². The van der Waals surface area contributed by atoms with Crippen LogP contribution in [0.5, 0.6) is 5.75 Å². The number of carbonyl (C=O) groups excluding carboxylic acids is 2. The fraction of sp³-hybridized carbons (Fsp3) is 0.231. The lowest BCUT2D eigenvalue weighted by molar-refractivity contribution is -0.113. The van der Waals surface area contributed by atoms with Crippen molar-refractivity contribution in [2.24, 2.45) is 0 Å². The highest BCUT2D eigenvalue weighted by Gasteiger charge is 2.25. The number of carbonyl (C=O) groups is 2. The van der Waals surface area contributed by atoms with Crippen LogP contribution in [0.3, 0.4) is 0 Å². The predicted molar refractivity (Wildman–Crippen MR) is 149 cm³/mol. The van der Waals surface area contributed by atoms with Gasteiger partial charge in [0, 0.05) is 21.5 Å². The molecule has 1 amide bonds. The molecule has 0 spiro atoms. The highest BCUT2D eigenvalue weighted by molar-refractivity contribution is 9.10. The van der Waals surface area contributed by atoms with E-state index in [1.54, 1.807) is 0 Å². The molecule has 4 rings (SSSR count). The van der Waals surface area contributed by atoms with E-state index >= 15 is 0 Å². The third kappa shape index (κ3) is 6.41. The van der Waals surface area contributed by atoms with E-state index in [4.69, 9.17) is 9.47 Å². The van der Waals surface area contributed by atoms with Gasteiger partial charge in [-0.25, -0.2) is 4.79 Å². The summed E-state index contributed by atoms with van der Waals surface area (Å²) in [6.45, 7) is 4.80. The van der Waals surface area contributed by atoms with Gasteiger partial charge in [-0.1, -0.05) is 58.0 Å². The number of ether oxygens (including phenoxy) is 2. The Morgan fingerprint density at radius 1 is 1.11 bits per heavy atom. The molecule has 0 aliphatic heterocycles. The second kappa shape index (κ2) is 12.4. The van der Waals surface area contributed by atoms with Crippen molar-refractivity contribution in [3.63, 3.8) is 0 Å². The molecule has 0 atom stereocenters. The van der Waals surface area contributed by atoms with Crippen LogP contribution in [-0.4, -0.2) is 39.5 Å². The first-order chi connectivity index (χ1) is 17.9. The first kappa shape index (κ1) is 26.9. The Labute approximate surface area is 231 Å². The highest BCUT2D eigenvalue weighted by atomic mass is 79.9. The number of rotatable bonds is 10. The third-order valence-electron chi connectivity index (χ3n) is 5.41. The summed E-state index contributed by atoms with van der Waals surface area (Å²) in [5, 5.41) is 12.5. The minimum Gasteiger partial charge on any atom is -0.486 e. The number of amides is 1. The Hall–Kier alpha value is -3.15. The van der Waals surface area contributed by atoms with Crippen molar-refractivity contribution in [1.29, 1.82) is 0 Å². The van der Waals surface area contributed by atoms with Crippen LogP contribution in [0.2, 0.25) is 0 Å². The molecule has 2 heterocycles. The molecular weight excluding hydrogens is 576 g/mol. The highest BCUT2D eigenvalue weighted by Crippen LogP contribution is 2.40. The lowest BCUT2D eigenvalue weighted by Crippen LogP contribution is -2.16. The number of anilines is 1. The summed E-state index contributed by atoms with van der Waals surface area (Å²) in [6, 6.07) is 17.1. The summed E-state index contributed by atoms with van der Waals surface area (Å²) in [7, 11) is 1.33. The fourth-order valence-corrected chi connectivity index (χ4v) is 5.87. The topological polar surface area (TPSA) is 95.3 Å². The van der Waals surface area contributed by atoms with E-state index < -0.39 is 5.97 Å². The molecule has 37 heavy (non-hydrogen) atoms. The van der Waals surface area contributed by atoms with Crippen LogP contribution in [0.25, 0.3) is 11.1 Å². The Bertz CT molecular complexity index is 1390. The third-order valence-corrected chi connectivity index (χ3v) is 7.93. The van der Waals surface area contributed by atoms with Gasteiger partial charge in [-0.15, -0.1) is 21.5 Å². The quantitative estimate of drug-likeness (QED) is 0.171. The molecule has 192 valence electrons. The molecule has 2 aromatic heterocycles. The van der Waals surface area contributed by atoms with Gasteiger partial charge in [0.1, 0.15) is 22.9 Å². The van der Waals surface area contributed by atoms with E-state index in [1.165, 1.54) is 30.2 Å². The van der Waals surface area contributed by atoms with Gasteiger partial charge in [0.25, 0.3) is 0 Å². The average Bonchev–Trinajstić information content (AvgIpc) is 3.46. The zero-order valence-electron chi connectivity index (χ0n) is 20.5. The number of thioether (sulfide) groups is 1. The molecule has 0 unspecified atom stereocenters. The molecule has 0 saturated heterocycles. The molecule has 11 heteroatoms. The molecule has 0 bridgehead atoms. The summed E-state index contributed by atoms with van der Waals surface area (Å²) in [5.41, 5.74) is 2.01. The van der Waals surface area contributed by atoms with Gasteiger partial charge in [-0.05, 0) is 43.7 Å². The maximum atomic E-state index is 12.9. The molecule has 0 fully saturated rings. The number of aryl methyl sites for hydroxylation is 1. The Morgan fingerprint density at radius 3 is 2.51 bits per heavy atom. The number of thiophene rings is 1. The van der Waals surface area contributed by atoms with Gasteiger partial charge in [0.15, 0.2) is 11.0 Å². The molecule has 2 aromatic carbocycles. The number of halogens is 1. The lowest BCUT2D eigenvalue weighted by Gasteiger charge is -2.10. The summed E-state index contributed by atoms with van der Waals surface area (Å²) < 4.78 is 13.8. The number of hydrogen-bond acceptors (Lipinski definition) is 8. The van der Waals surface area contributed by atoms with E-state index in [0.717, 1.165) is 26.2 Å². The van der Waals surface area contributed by atoms with Crippen molar-refractivity contribution in [3.05, 3.63) is 75.3 Å². The Morgan fingerprint density at radius 2 is 1.84 bits per heavy atom. The Kier molecular flexibility index (Phi) is 9.01. The van der Waals surface area contributed by atoms with Gasteiger partial charge >= 0.3 is 5.97 Å². The first-order valence-electron chi connectivity index (χ1n) is 11.4.